The van der Waals surface area contributed by atoms with Gasteiger partial charge in [0.2, 0.25) is 10.0 Å². The minimum absolute atomic E-state index is 0.148. The van der Waals surface area contributed by atoms with E-state index < -0.39 is 15.6 Å². The third kappa shape index (κ3) is 4.32. The minimum atomic E-state index is -3.76. The zero-order valence-electron chi connectivity index (χ0n) is 17.7. The van der Waals surface area contributed by atoms with Crippen LogP contribution < -0.4 is 0 Å². The highest BCUT2D eigenvalue weighted by atomic mass is 35.5. The summed E-state index contributed by atoms with van der Waals surface area (Å²) in [7, 11) is -3.76. The van der Waals surface area contributed by atoms with Gasteiger partial charge in [0.15, 0.2) is 0 Å². The second-order valence-electron chi connectivity index (χ2n) is 8.54. The van der Waals surface area contributed by atoms with E-state index in [1.807, 2.05) is 84.0 Å². The second-order valence-corrected chi connectivity index (χ2v) is 10.7. The first-order chi connectivity index (χ1) is 13.4. The highest BCUT2D eigenvalue weighted by molar-refractivity contribution is 7.89. The first-order valence-corrected chi connectivity index (χ1v) is 11.4. The zero-order chi connectivity index (χ0) is 21.6. The Kier molecular flexibility index (Phi) is 5.78. The van der Waals surface area contributed by atoms with Crippen molar-refractivity contribution in [3.8, 4) is 0 Å². The molecular weight excluding hydrogens is 404 g/mol. The molecule has 0 spiro atoms. The number of benzene rings is 2. The number of aromatic nitrogens is 1. The fraction of sp³-hybridized carbons (Fsp3) is 0.348. The molecule has 29 heavy (non-hydrogen) atoms. The molecule has 4 nitrogen and oxygen atoms in total. The number of nitrogens with zero attached hydrogens (tertiary/aromatic N) is 2. The van der Waals surface area contributed by atoms with E-state index >= 15 is 0 Å². The first kappa shape index (κ1) is 21.8. The number of hydrogen-bond donors (Lipinski definition) is 0. The number of aryl methyl sites for hydroxylation is 3. The Morgan fingerprint density at radius 3 is 2.17 bits per heavy atom. The van der Waals surface area contributed by atoms with Gasteiger partial charge < -0.3 is 0 Å². The van der Waals surface area contributed by atoms with E-state index in [2.05, 4.69) is 4.98 Å². The summed E-state index contributed by atoms with van der Waals surface area (Å²) in [5.74, 6) is 0. The van der Waals surface area contributed by atoms with Crippen molar-refractivity contribution in [2.45, 2.75) is 58.5 Å². The number of pyridine rings is 1. The van der Waals surface area contributed by atoms with Crippen LogP contribution in [0.15, 0.2) is 47.4 Å². The Balaban J connectivity index is 2.14. The maximum Gasteiger partial charge on any atom is 0.244 e. The van der Waals surface area contributed by atoms with E-state index in [4.69, 9.17) is 11.6 Å². The molecule has 0 aliphatic rings. The highest BCUT2D eigenvalue weighted by Crippen LogP contribution is 2.33. The number of para-hydroxylation sites is 1. The summed E-state index contributed by atoms with van der Waals surface area (Å²) < 4.78 is 29.1. The molecule has 1 heterocycles. The summed E-state index contributed by atoms with van der Waals surface area (Å²) in [6.07, 6.45) is 0. The first-order valence-electron chi connectivity index (χ1n) is 9.56. The molecule has 0 bridgehead atoms. The number of fused-ring (bicyclic) bond motifs is 1. The SMILES string of the molecule is Cc1cc(C)c(S(=O)(=O)N(Cc2cc3ccccc3nc2Cl)C(C)(C)C)c(C)c1. The van der Waals surface area contributed by atoms with Crippen LogP contribution in [0.3, 0.4) is 0 Å². The summed E-state index contributed by atoms with van der Waals surface area (Å²) in [5.41, 5.74) is 3.38. The van der Waals surface area contributed by atoms with Crippen LogP contribution in [-0.2, 0) is 16.6 Å². The fourth-order valence-corrected chi connectivity index (χ4v) is 6.16. The summed E-state index contributed by atoms with van der Waals surface area (Å²) in [5, 5.41) is 1.26. The Labute approximate surface area is 178 Å². The van der Waals surface area contributed by atoms with Crippen molar-refractivity contribution in [3.63, 3.8) is 0 Å². The number of rotatable bonds is 4. The molecule has 0 N–H and O–H groups in total. The van der Waals surface area contributed by atoms with Crippen LogP contribution in [0.2, 0.25) is 5.15 Å². The van der Waals surface area contributed by atoms with Crippen LogP contribution in [0.5, 0.6) is 0 Å². The van der Waals surface area contributed by atoms with Crippen LogP contribution in [-0.4, -0.2) is 23.2 Å². The lowest BCUT2D eigenvalue weighted by Crippen LogP contribution is -2.45. The molecule has 2 aromatic carbocycles. The molecule has 0 unspecified atom stereocenters. The summed E-state index contributed by atoms with van der Waals surface area (Å²) >= 11 is 6.44. The van der Waals surface area contributed by atoms with Crippen LogP contribution in [0.1, 0.15) is 43.0 Å². The monoisotopic (exact) mass is 430 g/mol. The molecule has 6 heteroatoms. The number of hydrogen-bond acceptors (Lipinski definition) is 3. The van der Waals surface area contributed by atoms with Gasteiger partial charge in [-0.25, -0.2) is 13.4 Å². The van der Waals surface area contributed by atoms with Crippen LogP contribution in [0.4, 0.5) is 0 Å². The lowest BCUT2D eigenvalue weighted by molar-refractivity contribution is 0.242. The molecule has 0 fully saturated rings. The van der Waals surface area contributed by atoms with Crippen molar-refractivity contribution in [2.75, 3.05) is 0 Å². The largest absolute Gasteiger partial charge is 0.244 e. The Hall–Kier alpha value is -1.95. The van der Waals surface area contributed by atoms with Crippen molar-refractivity contribution < 1.29 is 8.42 Å². The highest BCUT2D eigenvalue weighted by Gasteiger charge is 2.36. The van der Waals surface area contributed by atoms with Crippen molar-refractivity contribution in [3.05, 3.63) is 69.9 Å². The van der Waals surface area contributed by atoms with Crippen molar-refractivity contribution in [1.29, 1.82) is 0 Å². The van der Waals surface area contributed by atoms with Crippen molar-refractivity contribution in [2.24, 2.45) is 0 Å². The topological polar surface area (TPSA) is 50.3 Å². The summed E-state index contributed by atoms with van der Waals surface area (Å²) in [4.78, 5) is 4.82. The van der Waals surface area contributed by atoms with E-state index in [0.29, 0.717) is 15.6 Å². The average Bonchev–Trinajstić information content (AvgIpc) is 2.57. The maximum atomic E-state index is 13.8. The molecule has 0 atom stereocenters. The van der Waals surface area contributed by atoms with Crippen LogP contribution >= 0.6 is 11.6 Å². The third-order valence-corrected chi connectivity index (χ3v) is 7.71. The molecule has 0 radical (unpaired) electrons. The van der Waals surface area contributed by atoms with Gasteiger partial charge in [0.1, 0.15) is 5.15 Å². The Bertz CT molecular complexity index is 1160. The van der Waals surface area contributed by atoms with Crippen LogP contribution in [0.25, 0.3) is 10.9 Å². The van der Waals surface area contributed by atoms with Gasteiger partial charge in [-0.3, -0.25) is 0 Å². The van der Waals surface area contributed by atoms with Crippen molar-refractivity contribution >= 4 is 32.5 Å². The zero-order valence-corrected chi connectivity index (χ0v) is 19.3. The summed E-state index contributed by atoms with van der Waals surface area (Å²) in [6, 6.07) is 13.4. The molecule has 0 aliphatic heterocycles. The van der Waals surface area contributed by atoms with Gasteiger partial charge in [-0.05, 0) is 64.8 Å². The molecule has 3 aromatic rings. The molecule has 0 aliphatic carbocycles. The summed E-state index contributed by atoms with van der Waals surface area (Å²) in [6.45, 7) is 11.5. The Morgan fingerprint density at radius 1 is 1.00 bits per heavy atom. The Morgan fingerprint density at radius 2 is 1.59 bits per heavy atom. The molecule has 0 amide bonds. The van der Waals surface area contributed by atoms with E-state index in [1.54, 1.807) is 0 Å². The van der Waals surface area contributed by atoms with Gasteiger partial charge in [0, 0.05) is 23.0 Å². The molecule has 3 rings (SSSR count). The smallest absolute Gasteiger partial charge is 0.236 e. The normalized spacial score (nSPS) is 12.7. The maximum absolute atomic E-state index is 13.8. The van der Waals surface area contributed by atoms with Gasteiger partial charge in [0.05, 0.1) is 10.4 Å². The molecule has 0 saturated carbocycles. The van der Waals surface area contributed by atoms with Gasteiger partial charge in [-0.15, -0.1) is 0 Å². The van der Waals surface area contributed by atoms with Gasteiger partial charge in [0.25, 0.3) is 0 Å². The predicted octanol–water partition coefficient (Wildman–Crippen LogP) is 5.80. The lowest BCUT2D eigenvalue weighted by atomic mass is 10.1. The molecular formula is C23H27ClN2O2S. The lowest BCUT2D eigenvalue weighted by Gasteiger charge is -2.35. The predicted molar refractivity (Wildman–Crippen MR) is 120 cm³/mol. The number of sulfonamides is 1. The average molecular weight is 431 g/mol. The van der Waals surface area contributed by atoms with Gasteiger partial charge in [-0.2, -0.15) is 4.31 Å². The van der Waals surface area contributed by atoms with E-state index in [9.17, 15) is 8.42 Å². The quantitative estimate of drug-likeness (QED) is 0.491. The number of halogens is 1. The fourth-order valence-electron chi connectivity index (χ4n) is 3.77. The molecule has 0 saturated heterocycles. The van der Waals surface area contributed by atoms with Crippen molar-refractivity contribution in [1.82, 2.24) is 9.29 Å². The molecule has 154 valence electrons. The van der Waals surface area contributed by atoms with Gasteiger partial charge in [-0.1, -0.05) is 47.5 Å². The van der Waals surface area contributed by atoms with E-state index in [1.165, 1.54) is 4.31 Å². The standard InChI is InChI=1S/C23H27ClN2O2S/c1-15-11-16(2)21(17(3)12-15)29(27,28)26(23(4,5)6)14-19-13-18-9-7-8-10-20(18)25-22(19)24/h7-13H,14H2,1-6H3. The third-order valence-electron chi connectivity index (χ3n) is 4.96. The second kappa shape index (κ2) is 7.71. The minimum Gasteiger partial charge on any atom is -0.236 e. The van der Waals surface area contributed by atoms with E-state index in [0.717, 1.165) is 27.6 Å². The van der Waals surface area contributed by atoms with Crippen LogP contribution in [0, 0.1) is 20.8 Å². The van der Waals surface area contributed by atoms with E-state index in [-0.39, 0.29) is 6.54 Å². The molecule has 1 aromatic heterocycles. The van der Waals surface area contributed by atoms with Gasteiger partial charge >= 0.3 is 0 Å².